The van der Waals surface area contributed by atoms with E-state index in [2.05, 4.69) is 39.0 Å². The van der Waals surface area contributed by atoms with Crippen molar-refractivity contribution in [2.45, 2.75) is 103 Å². The van der Waals surface area contributed by atoms with Gasteiger partial charge in [-0.2, -0.15) is 0 Å². The molecule has 0 radical (unpaired) electrons. The molecule has 4 rings (SSSR count). The van der Waals surface area contributed by atoms with Gasteiger partial charge in [0.05, 0.1) is 30.5 Å². The fourth-order valence-corrected chi connectivity index (χ4v) is 7.34. The highest BCUT2D eigenvalue weighted by Crippen LogP contribution is 2.64. The summed E-state index contributed by atoms with van der Waals surface area (Å²) in [4.78, 5) is 0. The molecule has 2 saturated carbocycles. The normalized spacial score (nSPS) is 39.3. The second-order valence-electron chi connectivity index (χ2n) is 11.4. The van der Waals surface area contributed by atoms with Gasteiger partial charge >= 0.3 is 0 Å². The Morgan fingerprint density at radius 3 is 2.61 bits per heavy atom. The fourth-order valence-electron chi connectivity index (χ4n) is 7.34. The molecule has 3 N–H and O–H groups in total. The van der Waals surface area contributed by atoms with Gasteiger partial charge in [-0.3, -0.25) is 0 Å². The molecule has 4 heteroatoms. The number of ether oxygens (including phenoxy) is 1. The zero-order valence-electron chi connectivity index (χ0n) is 21.2. The highest BCUT2D eigenvalue weighted by molar-refractivity contribution is 5.43. The molecule has 0 bridgehead atoms. The van der Waals surface area contributed by atoms with E-state index in [9.17, 15) is 15.3 Å². The lowest BCUT2D eigenvalue weighted by Gasteiger charge is -2.56. The summed E-state index contributed by atoms with van der Waals surface area (Å²) in [5, 5.41) is 31.7. The Morgan fingerprint density at radius 1 is 1.18 bits per heavy atom. The van der Waals surface area contributed by atoms with Crippen molar-refractivity contribution in [3.63, 3.8) is 0 Å². The Hall–Kier alpha value is -1.20. The van der Waals surface area contributed by atoms with E-state index >= 15 is 0 Å². The van der Waals surface area contributed by atoms with E-state index in [0.717, 1.165) is 19.3 Å². The van der Waals surface area contributed by atoms with Gasteiger partial charge in [-0.15, -0.1) is 0 Å². The molecule has 2 fully saturated rings. The Bertz CT molecular complexity index is 863. The van der Waals surface area contributed by atoms with E-state index in [0.29, 0.717) is 44.1 Å². The molecule has 0 aromatic heterocycles. The van der Waals surface area contributed by atoms with Crippen molar-refractivity contribution in [1.29, 1.82) is 0 Å². The van der Waals surface area contributed by atoms with Crippen molar-refractivity contribution in [1.82, 2.24) is 0 Å². The maximum Gasteiger partial charge on any atom is 0.0823 e. The molecule has 33 heavy (non-hydrogen) atoms. The molecule has 0 saturated heterocycles. The van der Waals surface area contributed by atoms with Crippen LogP contribution in [0.15, 0.2) is 47.1 Å². The van der Waals surface area contributed by atoms with Gasteiger partial charge < -0.3 is 20.1 Å². The van der Waals surface area contributed by atoms with E-state index in [1.807, 2.05) is 26.0 Å². The monoisotopic (exact) mass is 456 g/mol. The van der Waals surface area contributed by atoms with Crippen LogP contribution in [0, 0.1) is 22.7 Å². The standard InChI is InChI=1S/C29H44O4/c1-6-29(32,7-2)14-8-16-33-19(3)23-11-12-24-22-10-9-20-17-21(30)18-26(31)28(20,5)25(22)13-15-27(23,24)4/h8-11,14,19,21,24-26,30-32H,6-7,12-13,15-18H2,1-5H3/b14-8+/t19-,21+,24-,25-,26-,27+,28-/m0/s1. The summed E-state index contributed by atoms with van der Waals surface area (Å²) in [6.45, 7) is 11.3. The first-order chi connectivity index (χ1) is 15.6. The maximum atomic E-state index is 11.0. The third-order valence-corrected chi connectivity index (χ3v) is 9.83. The molecule has 7 atom stereocenters. The van der Waals surface area contributed by atoms with Crippen LogP contribution < -0.4 is 0 Å². The summed E-state index contributed by atoms with van der Waals surface area (Å²) in [5.74, 6) is 0.803. The van der Waals surface area contributed by atoms with Gasteiger partial charge in [-0.1, -0.05) is 69.2 Å². The SMILES string of the molecule is CCC(O)(/C=C/CO[C@@H](C)C1=CC[C@H]2C3=CC=C4C[C@@H](O)C[C@H](O)[C@]4(C)[C@H]3CC[C@]12C)CC. The summed E-state index contributed by atoms with van der Waals surface area (Å²) in [7, 11) is 0. The molecule has 4 aliphatic carbocycles. The van der Waals surface area contributed by atoms with Crippen LogP contribution in [0.4, 0.5) is 0 Å². The smallest absolute Gasteiger partial charge is 0.0823 e. The van der Waals surface area contributed by atoms with Gasteiger partial charge in [-0.25, -0.2) is 0 Å². The molecule has 0 amide bonds. The quantitative estimate of drug-likeness (QED) is 0.458. The van der Waals surface area contributed by atoms with Crippen LogP contribution in [-0.2, 0) is 4.74 Å². The highest BCUT2D eigenvalue weighted by atomic mass is 16.5. The van der Waals surface area contributed by atoms with Crippen LogP contribution in [0.1, 0.15) is 79.6 Å². The summed E-state index contributed by atoms with van der Waals surface area (Å²) in [5.41, 5.74) is 3.21. The number of hydrogen-bond donors (Lipinski definition) is 3. The first-order valence-corrected chi connectivity index (χ1v) is 13.1. The Morgan fingerprint density at radius 2 is 1.91 bits per heavy atom. The van der Waals surface area contributed by atoms with Gasteiger partial charge in [0, 0.05) is 11.8 Å². The summed E-state index contributed by atoms with van der Waals surface area (Å²) < 4.78 is 6.23. The van der Waals surface area contributed by atoms with Gasteiger partial charge in [0.2, 0.25) is 0 Å². The summed E-state index contributed by atoms with van der Waals surface area (Å²) in [6.07, 6.45) is 15.7. The molecule has 0 unspecified atom stereocenters. The van der Waals surface area contributed by atoms with Crippen molar-refractivity contribution in [2.24, 2.45) is 22.7 Å². The second-order valence-corrected chi connectivity index (χ2v) is 11.4. The first-order valence-electron chi connectivity index (χ1n) is 13.1. The van der Waals surface area contributed by atoms with E-state index in [-0.39, 0.29) is 16.9 Å². The minimum atomic E-state index is -0.732. The number of fused-ring (bicyclic) bond motifs is 5. The summed E-state index contributed by atoms with van der Waals surface area (Å²) >= 11 is 0. The first kappa shape index (κ1) is 24.9. The van der Waals surface area contributed by atoms with Crippen LogP contribution in [0.5, 0.6) is 0 Å². The number of aliphatic hydroxyl groups excluding tert-OH is 2. The molecule has 4 nitrogen and oxygen atoms in total. The van der Waals surface area contributed by atoms with Gasteiger partial charge in [0.25, 0.3) is 0 Å². The van der Waals surface area contributed by atoms with Crippen molar-refractivity contribution < 1.29 is 20.1 Å². The predicted molar refractivity (Wildman–Crippen MR) is 133 cm³/mol. The Kier molecular flexibility index (Phi) is 6.88. The van der Waals surface area contributed by atoms with Crippen molar-refractivity contribution in [2.75, 3.05) is 6.61 Å². The van der Waals surface area contributed by atoms with Crippen molar-refractivity contribution >= 4 is 0 Å². The van der Waals surface area contributed by atoms with Gasteiger partial charge in [-0.05, 0) is 68.3 Å². The molecular formula is C29H44O4. The van der Waals surface area contributed by atoms with Crippen LogP contribution in [0.25, 0.3) is 0 Å². The lowest BCUT2D eigenvalue weighted by molar-refractivity contribution is -0.0500. The molecule has 0 aliphatic heterocycles. The molecule has 4 aliphatic rings. The molecule has 184 valence electrons. The fraction of sp³-hybridized carbons (Fsp3) is 0.724. The second kappa shape index (κ2) is 9.11. The average Bonchev–Trinajstić information content (AvgIpc) is 3.15. The number of hydrogen-bond acceptors (Lipinski definition) is 4. The minimum absolute atomic E-state index is 0.0406. The lowest BCUT2D eigenvalue weighted by atomic mass is 9.49. The third kappa shape index (κ3) is 4.11. The molecule has 0 aromatic carbocycles. The zero-order valence-corrected chi connectivity index (χ0v) is 21.2. The topological polar surface area (TPSA) is 69.9 Å². The largest absolute Gasteiger partial charge is 0.393 e. The molecule has 0 spiro atoms. The number of allylic oxidation sites excluding steroid dienone is 4. The van der Waals surface area contributed by atoms with Crippen LogP contribution >= 0.6 is 0 Å². The Balaban J connectivity index is 1.48. The van der Waals surface area contributed by atoms with Gasteiger partial charge in [0.15, 0.2) is 0 Å². The molecular weight excluding hydrogens is 412 g/mol. The predicted octanol–water partition coefficient (Wildman–Crippen LogP) is 5.25. The maximum absolute atomic E-state index is 11.0. The average molecular weight is 457 g/mol. The van der Waals surface area contributed by atoms with Crippen LogP contribution in [0.3, 0.4) is 0 Å². The van der Waals surface area contributed by atoms with Crippen molar-refractivity contribution in [3.05, 3.63) is 47.1 Å². The van der Waals surface area contributed by atoms with Crippen molar-refractivity contribution in [3.8, 4) is 0 Å². The van der Waals surface area contributed by atoms with E-state index in [1.165, 1.54) is 16.7 Å². The lowest BCUT2D eigenvalue weighted by Crippen LogP contribution is -2.52. The number of rotatable bonds is 7. The number of aliphatic hydroxyl groups is 3. The zero-order chi connectivity index (χ0) is 24.0. The molecule has 0 aromatic rings. The van der Waals surface area contributed by atoms with E-state index < -0.39 is 17.8 Å². The Labute approximate surface area is 200 Å². The van der Waals surface area contributed by atoms with E-state index in [4.69, 9.17) is 4.74 Å². The minimum Gasteiger partial charge on any atom is -0.393 e. The van der Waals surface area contributed by atoms with Crippen LogP contribution in [0.2, 0.25) is 0 Å². The van der Waals surface area contributed by atoms with E-state index in [1.54, 1.807) is 0 Å². The molecule has 0 heterocycles. The van der Waals surface area contributed by atoms with Gasteiger partial charge in [0.1, 0.15) is 0 Å². The third-order valence-electron chi connectivity index (χ3n) is 9.83. The van der Waals surface area contributed by atoms with Crippen LogP contribution in [-0.4, -0.2) is 45.8 Å². The summed E-state index contributed by atoms with van der Waals surface area (Å²) in [6, 6.07) is 0. The highest BCUT2D eigenvalue weighted by Gasteiger charge is 2.57.